The number of rotatable bonds is 2. The SMILES string of the molecule is [2H]C1([2H])C(O)[C@@H]2[C@@H]3[C@@H]([C@H]1C)[C@@]2(C)[C@H](OC(C)=O)C[C@@H](OC(C)=O)C3(C)C. The molecule has 0 aliphatic heterocycles. The maximum atomic E-state index is 11.8. The summed E-state index contributed by atoms with van der Waals surface area (Å²) in [5.74, 6) is -1.62. The summed E-state index contributed by atoms with van der Waals surface area (Å²) in [4.78, 5) is 23.4. The van der Waals surface area contributed by atoms with Gasteiger partial charge in [-0.1, -0.05) is 27.7 Å². The summed E-state index contributed by atoms with van der Waals surface area (Å²) in [6.45, 7) is 10.6. The Bertz CT molecular complexity index is 611. The number of esters is 2. The second kappa shape index (κ2) is 5.45. The average molecular weight is 340 g/mol. The lowest BCUT2D eigenvalue weighted by atomic mass is 9.35. The summed E-state index contributed by atoms with van der Waals surface area (Å²) in [6, 6.07) is 0. The standard InChI is InChI=1S/C19H30O5/c1-9-7-12(22)16-17-15(9)19(16,6)14(24-11(3)21)8-13(18(17,4)5)23-10(2)20/h9,12-17,22H,7-8H2,1-6H3/t9-,12?,13+,14+,15+,16+,17-,19+/m0/s1/i7D2. The Morgan fingerprint density at radius 1 is 1.04 bits per heavy atom. The molecule has 0 spiro atoms. The predicted octanol–water partition coefficient (Wildman–Crippen LogP) is 2.55. The van der Waals surface area contributed by atoms with Crippen LogP contribution < -0.4 is 0 Å². The molecule has 5 heteroatoms. The van der Waals surface area contributed by atoms with E-state index in [1.807, 2.05) is 27.7 Å². The van der Waals surface area contributed by atoms with Gasteiger partial charge in [0.2, 0.25) is 0 Å². The Morgan fingerprint density at radius 2 is 1.58 bits per heavy atom. The van der Waals surface area contributed by atoms with Crippen molar-refractivity contribution in [1.29, 1.82) is 0 Å². The van der Waals surface area contributed by atoms with Gasteiger partial charge in [0.15, 0.2) is 0 Å². The molecule has 5 nitrogen and oxygen atoms in total. The number of hydrogen-bond acceptors (Lipinski definition) is 5. The van der Waals surface area contributed by atoms with Crippen LogP contribution in [0.1, 0.15) is 57.1 Å². The number of hydrogen-bond donors (Lipinski definition) is 1. The van der Waals surface area contributed by atoms with Gasteiger partial charge in [0.05, 0.1) is 6.10 Å². The van der Waals surface area contributed by atoms with Crippen LogP contribution in [0.15, 0.2) is 0 Å². The Hall–Kier alpha value is -1.10. The normalized spacial score (nSPS) is 52.0. The Labute approximate surface area is 146 Å². The molecule has 0 saturated heterocycles. The largest absolute Gasteiger partial charge is 0.462 e. The van der Waals surface area contributed by atoms with E-state index in [9.17, 15) is 14.7 Å². The van der Waals surface area contributed by atoms with Gasteiger partial charge in [-0.05, 0) is 30.0 Å². The molecule has 1 unspecified atom stereocenters. The van der Waals surface area contributed by atoms with Crippen LogP contribution in [0, 0.1) is 34.5 Å². The van der Waals surface area contributed by atoms with Gasteiger partial charge in [0, 0.05) is 33.8 Å². The molecule has 4 saturated carbocycles. The van der Waals surface area contributed by atoms with E-state index >= 15 is 0 Å². The summed E-state index contributed by atoms with van der Waals surface area (Å²) in [6.07, 6.45) is -3.44. The lowest BCUT2D eigenvalue weighted by molar-refractivity contribution is -0.282. The third-order valence-electron chi connectivity index (χ3n) is 6.95. The van der Waals surface area contributed by atoms with Crippen molar-refractivity contribution in [2.24, 2.45) is 34.5 Å². The third-order valence-corrected chi connectivity index (χ3v) is 6.95. The van der Waals surface area contributed by atoms with E-state index in [0.29, 0.717) is 6.42 Å². The maximum absolute atomic E-state index is 11.8. The van der Waals surface area contributed by atoms with Gasteiger partial charge in [-0.3, -0.25) is 9.59 Å². The Balaban J connectivity index is 2.12. The second-order valence-electron chi connectivity index (χ2n) is 8.60. The molecule has 0 radical (unpaired) electrons. The first-order valence-corrected chi connectivity index (χ1v) is 8.79. The first-order valence-electron chi connectivity index (χ1n) is 9.79. The van der Waals surface area contributed by atoms with Crippen molar-refractivity contribution in [3.63, 3.8) is 0 Å². The summed E-state index contributed by atoms with van der Waals surface area (Å²) in [7, 11) is 0. The first kappa shape index (κ1) is 15.2. The Kier molecular flexibility index (Phi) is 3.45. The van der Waals surface area contributed by atoms with E-state index in [4.69, 9.17) is 12.2 Å². The van der Waals surface area contributed by atoms with Crippen LogP contribution in [0.5, 0.6) is 0 Å². The molecular weight excluding hydrogens is 308 g/mol. The molecule has 0 aromatic carbocycles. The van der Waals surface area contributed by atoms with E-state index in [-0.39, 0.29) is 23.7 Å². The van der Waals surface area contributed by atoms with Crippen LogP contribution in [0.25, 0.3) is 0 Å². The van der Waals surface area contributed by atoms with Crippen LogP contribution >= 0.6 is 0 Å². The number of fused-ring (bicyclic) bond motifs is 2. The van der Waals surface area contributed by atoms with E-state index < -0.39 is 47.4 Å². The summed E-state index contributed by atoms with van der Waals surface area (Å²) >= 11 is 0. The highest BCUT2D eigenvalue weighted by Gasteiger charge is 2.75. The molecule has 4 aliphatic rings. The molecule has 136 valence electrons. The molecule has 0 aromatic heterocycles. The van der Waals surface area contributed by atoms with Crippen LogP contribution in [-0.2, 0) is 19.1 Å². The fourth-order valence-electron chi connectivity index (χ4n) is 6.06. The van der Waals surface area contributed by atoms with Crippen molar-refractivity contribution >= 4 is 11.9 Å². The molecule has 24 heavy (non-hydrogen) atoms. The van der Waals surface area contributed by atoms with Crippen LogP contribution in [0.4, 0.5) is 0 Å². The summed E-state index contributed by atoms with van der Waals surface area (Å²) in [5.41, 5.74) is -0.992. The smallest absolute Gasteiger partial charge is 0.302 e. The quantitative estimate of drug-likeness (QED) is 0.782. The lowest BCUT2D eigenvalue weighted by Crippen LogP contribution is -2.71. The van der Waals surface area contributed by atoms with Gasteiger partial charge in [-0.15, -0.1) is 0 Å². The van der Waals surface area contributed by atoms with Gasteiger partial charge >= 0.3 is 11.9 Å². The van der Waals surface area contributed by atoms with Gasteiger partial charge < -0.3 is 14.6 Å². The maximum Gasteiger partial charge on any atom is 0.302 e. The highest BCUT2D eigenvalue weighted by Crippen LogP contribution is 2.74. The summed E-state index contributed by atoms with van der Waals surface area (Å²) in [5, 5.41) is 10.9. The number of carbonyl (C=O) groups is 2. The number of aliphatic hydroxyl groups excluding tert-OH is 1. The van der Waals surface area contributed by atoms with Crippen molar-refractivity contribution in [3.05, 3.63) is 0 Å². The molecule has 0 heterocycles. The van der Waals surface area contributed by atoms with Gasteiger partial charge in [0.25, 0.3) is 0 Å². The minimum atomic E-state index is -1.69. The molecular formula is C19H30O5. The zero-order valence-corrected chi connectivity index (χ0v) is 15.3. The average Bonchev–Trinajstić information content (AvgIpc) is 2.57. The van der Waals surface area contributed by atoms with E-state index in [0.717, 1.165) is 0 Å². The van der Waals surface area contributed by atoms with Crippen LogP contribution in [-0.4, -0.2) is 35.4 Å². The molecule has 0 amide bonds. The predicted molar refractivity (Wildman–Crippen MR) is 87.9 cm³/mol. The Morgan fingerprint density at radius 3 is 2.08 bits per heavy atom. The van der Waals surface area contributed by atoms with Crippen LogP contribution in [0.2, 0.25) is 0 Å². The van der Waals surface area contributed by atoms with Gasteiger partial charge in [0.1, 0.15) is 12.2 Å². The van der Waals surface area contributed by atoms with Crippen molar-refractivity contribution in [2.75, 3.05) is 0 Å². The molecule has 4 fully saturated rings. The zero-order chi connectivity index (χ0) is 19.8. The van der Waals surface area contributed by atoms with E-state index in [1.54, 1.807) is 0 Å². The van der Waals surface area contributed by atoms with Crippen molar-refractivity contribution < 1.29 is 26.9 Å². The zero-order valence-electron chi connectivity index (χ0n) is 17.3. The minimum absolute atomic E-state index is 0.00812. The number of ether oxygens (including phenoxy) is 2. The minimum Gasteiger partial charge on any atom is -0.462 e. The molecule has 4 aliphatic carbocycles. The second-order valence-corrected chi connectivity index (χ2v) is 8.60. The van der Waals surface area contributed by atoms with Crippen molar-refractivity contribution in [3.8, 4) is 0 Å². The molecule has 8 atom stereocenters. The van der Waals surface area contributed by atoms with E-state index in [1.165, 1.54) is 13.8 Å². The van der Waals surface area contributed by atoms with Crippen LogP contribution in [0.3, 0.4) is 0 Å². The highest BCUT2D eigenvalue weighted by molar-refractivity contribution is 5.67. The van der Waals surface area contributed by atoms with E-state index in [2.05, 4.69) is 0 Å². The van der Waals surface area contributed by atoms with Gasteiger partial charge in [-0.25, -0.2) is 0 Å². The van der Waals surface area contributed by atoms with Crippen molar-refractivity contribution in [1.82, 2.24) is 0 Å². The molecule has 0 aromatic rings. The molecule has 4 bridgehead atoms. The summed E-state index contributed by atoms with van der Waals surface area (Å²) < 4.78 is 28.0. The molecule has 4 rings (SSSR count). The van der Waals surface area contributed by atoms with Gasteiger partial charge in [-0.2, -0.15) is 0 Å². The fraction of sp³-hybridized carbons (Fsp3) is 0.895. The highest BCUT2D eigenvalue weighted by atomic mass is 16.6. The first-order chi connectivity index (χ1) is 11.8. The number of carbonyl (C=O) groups excluding carboxylic acids is 2. The van der Waals surface area contributed by atoms with Crippen molar-refractivity contribution in [2.45, 2.75) is 72.6 Å². The number of aliphatic hydroxyl groups is 1. The molecule has 1 N–H and O–H groups in total. The topological polar surface area (TPSA) is 72.8 Å². The lowest BCUT2D eigenvalue weighted by Gasteiger charge is -2.70. The fourth-order valence-corrected chi connectivity index (χ4v) is 6.06. The monoisotopic (exact) mass is 340 g/mol. The third kappa shape index (κ3) is 2.23.